The molecule has 0 spiro atoms. The number of thioether (sulfide) groups is 1. The van der Waals surface area contributed by atoms with E-state index in [4.69, 9.17) is 5.73 Å². The van der Waals surface area contributed by atoms with Crippen molar-refractivity contribution in [1.82, 2.24) is 19.5 Å². The lowest BCUT2D eigenvalue weighted by Gasteiger charge is -2.11. The van der Waals surface area contributed by atoms with Crippen molar-refractivity contribution in [1.29, 1.82) is 0 Å². The largest absolute Gasteiger partial charge is 0.369 e. The molecule has 3 rings (SSSR count). The van der Waals surface area contributed by atoms with Crippen LogP contribution in [-0.4, -0.2) is 31.2 Å². The van der Waals surface area contributed by atoms with Crippen molar-refractivity contribution in [3.63, 3.8) is 0 Å². The SMILES string of the molecule is NC(=O)CSc1nc2nccnc2c(=O)n1CCc1ccccc1. The molecule has 8 heteroatoms. The van der Waals surface area contributed by atoms with Crippen LogP contribution in [0.25, 0.3) is 11.2 Å². The van der Waals surface area contributed by atoms with Crippen LogP contribution in [0, 0.1) is 0 Å². The molecule has 2 aromatic heterocycles. The summed E-state index contributed by atoms with van der Waals surface area (Å²) in [4.78, 5) is 36.3. The molecule has 7 nitrogen and oxygen atoms in total. The van der Waals surface area contributed by atoms with Crippen molar-refractivity contribution in [2.24, 2.45) is 5.73 Å². The van der Waals surface area contributed by atoms with Crippen molar-refractivity contribution < 1.29 is 4.79 Å². The summed E-state index contributed by atoms with van der Waals surface area (Å²) in [5.74, 6) is -0.424. The van der Waals surface area contributed by atoms with Crippen LogP contribution in [0.5, 0.6) is 0 Å². The van der Waals surface area contributed by atoms with Gasteiger partial charge in [0.2, 0.25) is 5.91 Å². The number of amides is 1. The lowest BCUT2D eigenvalue weighted by molar-refractivity contribution is -0.115. The van der Waals surface area contributed by atoms with Gasteiger partial charge in [-0.05, 0) is 12.0 Å². The van der Waals surface area contributed by atoms with Crippen molar-refractivity contribution in [2.75, 3.05) is 5.75 Å². The van der Waals surface area contributed by atoms with E-state index in [1.807, 2.05) is 30.3 Å². The van der Waals surface area contributed by atoms with E-state index in [2.05, 4.69) is 15.0 Å². The highest BCUT2D eigenvalue weighted by atomic mass is 32.2. The summed E-state index contributed by atoms with van der Waals surface area (Å²) in [5.41, 5.74) is 6.53. The molecule has 1 aromatic carbocycles. The van der Waals surface area contributed by atoms with Crippen LogP contribution in [0.4, 0.5) is 0 Å². The smallest absolute Gasteiger partial charge is 0.282 e. The number of carbonyl (C=O) groups excluding carboxylic acids is 1. The number of benzene rings is 1. The Balaban J connectivity index is 1.98. The monoisotopic (exact) mass is 341 g/mol. The first-order valence-corrected chi connectivity index (χ1v) is 8.30. The zero-order chi connectivity index (χ0) is 16.9. The Labute approximate surface area is 142 Å². The first-order valence-electron chi connectivity index (χ1n) is 7.32. The molecule has 0 radical (unpaired) electrons. The predicted octanol–water partition coefficient (Wildman–Crippen LogP) is 1.01. The summed E-state index contributed by atoms with van der Waals surface area (Å²) >= 11 is 1.13. The Morgan fingerprint density at radius 1 is 1.17 bits per heavy atom. The van der Waals surface area contributed by atoms with E-state index in [0.717, 1.165) is 17.3 Å². The third-order valence-corrected chi connectivity index (χ3v) is 4.37. The Morgan fingerprint density at radius 2 is 1.92 bits per heavy atom. The third-order valence-electron chi connectivity index (χ3n) is 3.37. The van der Waals surface area contributed by atoms with Gasteiger partial charge in [0.25, 0.3) is 5.56 Å². The first kappa shape index (κ1) is 16.1. The van der Waals surface area contributed by atoms with E-state index in [9.17, 15) is 9.59 Å². The van der Waals surface area contributed by atoms with E-state index in [1.165, 1.54) is 17.0 Å². The summed E-state index contributed by atoms with van der Waals surface area (Å²) < 4.78 is 1.53. The second-order valence-electron chi connectivity index (χ2n) is 5.07. The highest BCUT2D eigenvalue weighted by Gasteiger charge is 2.14. The van der Waals surface area contributed by atoms with Gasteiger partial charge in [0.15, 0.2) is 16.3 Å². The second kappa shape index (κ2) is 7.22. The van der Waals surface area contributed by atoms with Crippen LogP contribution in [0.3, 0.4) is 0 Å². The zero-order valence-corrected chi connectivity index (χ0v) is 13.6. The second-order valence-corrected chi connectivity index (χ2v) is 6.01. The van der Waals surface area contributed by atoms with Gasteiger partial charge in [-0.25, -0.2) is 15.0 Å². The standard InChI is InChI=1S/C16H15N5O2S/c17-12(22)10-24-16-20-14-13(18-7-8-19-14)15(23)21(16)9-6-11-4-2-1-3-5-11/h1-5,7-8H,6,9-10H2,(H2,17,22). The molecule has 24 heavy (non-hydrogen) atoms. The Kier molecular flexibility index (Phi) is 4.85. The number of nitrogens with zero attached hydrogens (tertiary/aromatic N) is 4. The van der Waals surface area contributed by atoms with Crippen molar-refractivity contribution in [3.05, 3.63) is 58.6 Å². The molecule has 0 fully saturated rings. The molecule has 3 aromatic rings. The average molecular weight is 341 g/mol. The van der Waals surface area contributed by atoms with Gasteiger partial charge in [-0.2, -0.15) is 0 Å². The van der Waals surface area contributed by atoms with Crippen LogP contribution in [0.15, 0.2) is 52.7 Å². The molecule has 0 unspecified atom stereocenters. The summed E-state index contributed by atoms with van der Waals surface area (Å²) in [6.45, 7) is 0.434. The first-order chi connectivity index (χ1) is 11.6. The van der Waals surface area contributed by atoms with Crippen molar-refractivity contribution >= 4 is 28.8 Å². The maximum absolute atomic E-state index is 12.7. The van der Waals surface area contributed by atoms with Crippen LogP contribution in [0.1, 0.15) is 5.56 Å². The maximum Gasteiger partial charge on any atom is 0.282 e. The number of aromatic nitrogens is 4. The van der Waals surface area contributed by atoms with Gasteiger partial charge in [-0.1, -0.05) is 42.1 Å². The topological polar surface area (TPSA) is 104 Å². The van der Waals surface area contributed by atoms with E-state index in [0.29, 0.717) is 18.1 Å². The van der Waals surface area contributed by atoms with Crippen molar-refractivity contribution in [3.8, 4) is 0 Å². The zero-order valence-electron chi connectivity index (χ0n) is 12.8. The fourth-order valence-electron chi connectivity index (χ4n) is 2.26. The number of carbonyl (C=O) groups is 1. The number of aryl methyl sites for hydroxylation is 1. The Morgan fingerprint density at radius 3 is 2.67 bits per heavy atom. The van der Waals surface area contributed by atoms with Gasteiger partial charge >= 0.3 is 0 Å². The highest BCUT2D eigenvalue weighted by molar-refractivity contribution is 7.99. The molecule has 0 aliphatic rings. The van der Waals surface area contributed by atoms with Crippen LogP contribution in [0.2, 0.25) is 0 Å². The molecule has 0 aliphatic carbocycles. The average Bonchev–Trinajstić information content (AvgIpc) is 2.60. The summed E-state index contributed by atoms with van der Waals surface area (Å²) in [7, 11) is 0. The lowest BCUT2D eigenvalue weighted by Crippen LogP contribution is -2.26. The highest BCUT2D eigenvalue weighted by Crippen LogP contribution is 2.16. The number of nitrogens with two attached hydrogens (primary N) is 1. The number of hydrogen-bond donors (Lipinski definition) is 1. The predicted molar refractivity (Wildman–Crippen MR) is 91.7 cm³/mol. The van der Waals surface area contributed by atoms with E-state index < -0.39 is 5.91 Å². The fourth-order valence-corrected chi connectivity index (χ4v) is 3.01. The quantitative estimate of drug-likeness (QED) is 0.530. The molecule has 2 heterocycles. The molecule has 1 amide bonds. The van der Waals surface area contributed by atoms with E-state index in [1.54, 1.807) is 0 Å². The summed E-state index contributed by atoms with van der Waals surface area (Å²) in [5, 5.41) is 0.419. The molecule has 0 saturated carbocycles. The minimum absolute atomic E-state index is 0.0452. The Hall–Kier alpha value is -2.74. The van der Waals surface area contributed by atoms with Gasteiger partial charge in [-0.15, -0.1) is 0 Å². The van der Waals surface area contributed by atoms with Crippen LogP contribution in [-0.2, 0) is 17.8 Å². The number of rotatable bonds is 6. The minimum Gasteiger partial charge on any atom is -0.369 e. The number of hydrogen-bond acceptors (Lipinski definition) is 6. The van der Waals surface area contributed by atoms with E-state index >= 15 is 0 Å². The minimum atomic E-state index is -0.469. The molecule has 0 aliphatic heterocycles. The number of primary amides is 1. The van der Waals surface area contributed by atoms with Gasteiger partial charge in [0.05, 0.1) is 5.75 Å². The van der Waals surface area contributed by atoms with Crippen LogP contribution < -0.4 is 11.3 Å². The fraction of sp³-hybridized carbons (Fsp3) is 0.188. The van der Waals surface area contributed by atoms with Crippen LogP contribution >= 0.6 is 11.8 Å². The third kappa shape index (κ3) is 3.60. The lowest BCUT2D eigenvalue weighted by atomic mass is 10.1. The summed E-state index contributed by atoms with van der Waals surface area (Å²) in [6.07, 6.45) is 3.60. The molecule has 122 valence electrons. The molecule has 0 atom stereocenters. The molecule has 0 saturated heterocycles. The van der Waals surface area contributed by atoms with Gasteiger partial charge in [-0.3, -0.25) is 14.2 Å². The Bertz CT molecular complexity index is 927. The van der Waals surface area contributed by atoms with E-state index in [-0.39, 0.29) is 22.5 Å². The summed E-state index contributed by atoms with van der Waals surface area (Å²) in [6, 6.07) is 9.83. The van der Waals surface area contributed by atoms with Gasteiger partial charge < -0.3 is 5.73 Å². The molecule has 0 bridgehead atoms. The van der Waals surface area contributed by atoms with Gasteiger partial charge in [0, 0.05) is 18.9 Å². The molecule has 2 N–H and O–H groups in total. The normalized spacial score (nSPS) is 10.8. The molecular weight excluding hydrogens is 326 g/mol. The number of fused-ring (bicyclic) bond motifs is 1. The van der Waals surface area contributed by atoms with Crippen molar-refractivity contribution in [2.45, 2.75) is 18.1 Å². The van der Waals surface area contributed by atoms with Gasteiger partial charge in [0.1, 0.15) is 0 Å². The maximum atomic E-state index is 12.7. The molecular formula is C16H15N5O2S.